The lowest BCUT2D eigenvalue weighted by atomic mass is 10.1. The zero-order chi connectivity index (χ0) is 13.0. The number of anilines is 1. The zero-order valence-electron chi connectivity index (χ0n) is 10.6. The molecule has 0 aliphatic carbocycles. The van der Waals surface area contributed by atoms with Crippen molar-refractivity contribution in [2.45, 2.75) is 13.5 Å². The van der Waals surface area contributed by atoms with E-state index in [1.807, 2.05) is 31.2 Å². The fourth-order valence-electron chi connectivity index (χ4n) is 2.11. The van der Waals surface area contributed by atoms with E-state index in [0.29, 0.717) is 13.1 Å². The Morgan fingerprint density at radius 1 is 1.33 bits per heavy atom. The Morgan fingerprint density at radius 2 is 2.11 bits per heavy atom. The first-order valence-electron chi connectivity index (χ1n) is 6.24. The summed E-state index contributed by atoms with van der Waals surface area (Å²) in [6, 6.07) is 10.1. The third-order valence-electron chi connectivity index (χ3n) is 3.05. The molecule has 0 saturated heterocycles. The molecule has 1 aromatic heterocycles. The largest absolute Gasteiger partial charge is 0.395 e. The van der Waals surface area contributed by atoms with E-state index in [1.54, 1.807) is 0 Å². The lowest BCUT2D eigenvalue weighted by Crippen LogP contribution is -2.28. The second-order valence-electron chi connectivity index (χ2n) is 4.17. The molecule has 1 heterocycles. The van der Waals surface area contributed by atoms with Crippen LogP contribution in [0.1, 0.15) is 12.5 Å². The number of likely N-dealkylation sites (N-methyl/N-ethyl adjacent to an activating group) is 1. The average molecular weight is 245 g/mol. The number of pyridine rings is 1. The first-order chi connectivity index (χ1) is 8.80. The molecule has 0 atom stereocenters. The molecular weight excluding hydrogens is 226 g/mol. The van der Waals surface area contributed by atoms with Crippen molar-refractivity contribution in [1.82, 2.24) is 4.98 Å². The summed E-state index contributed by atoms with van der Waals surface area (Å²) < 4.78 is 0. The van der Waals surface area contributed by atoms with Gasteiger partial charge in [-0.15, -0.1) is 0 Å². The molecule has 4 heteroatoms. The van der Waals surface area contributed by atoms with E-state index >= 15 is 0 Å². The van der Waals surface area contributed by atoms with Crippen LogP contribution in [-0.2, 0) is 6.54 Å². The Balaban J connectivity index is 2.53. The van der Waals surface area contributed by atoms with Gasteiger partial charge in [-0.3, -0.25) is 0 Å². The fourth-order valence-corrected chi connectivity index (χ4v) is 2.11. The Morgan fingerprint density at radius 3 is 2.78 bits per heavy atom. The molecule has 0 bridgehead atoms. The van der Waals surface area contributed by atoms with Gasteiger partial charge in [0.15, 0.2) is 0 Å². The first-order valence-corrected chi connectivity index (χ1v) is 6.24. The molecule has 3 N–H and O–H groups in total. The summed E-state index contributed by atoms with van der Waals surface area (Å²) in [4.78, 5) is 6.72. The van der Waals surface area contributed by atoms with Crippen molar-refractivity contribution in [3.05, 3.63) is 35.9 Å². The number of aliphatic hydroxyl groups is 1. The summed E-state index contributed by atoms with van der Waals surface area (Å²) in [5.41, 5.74) is 7.78. The summed E-state index contributed by atoms with van der Waals surface area (Å²) in [7, 11) is 0. The number of nitrogens with zero attached hydrogens (tertiary/aromatic N) is 2. The lowest BCUT2D eigenvalue weighted by Gasteiger charge is -2.23. The lowest BCUT2D eigenvalue weighted by molar-refractivity contribution is 0.302. The smallest absolute Gasteiger partial charge is 0.133 e. The molecule has 96 valence electrons. The molecule has 0 aliphatic rings. The number of aliphatic hydroxyl groups excluding tert-OH is 1. The van der Waals surface area contributed by atoms with Crippen LogP contribution in [0.4, 0.5) is 5.82 Å². The van der Waals surface area contributed by atoms with Gasteiger partial charge in [-0.1, -0.05) is 18.2 Å². The minimum atomic E-state index is 0.117. The van der Waals surface area contributed by atoms with Gasteiger partial charge >= 0.3 is 0 Å². The van der Waals surface area contributed by atoms with Crippen molar-refractivity contribution in [3.63, 3.8) is 0 Å². The van der Waals surface area contributed by atoms with Crippen molar-refractivity contribution in [3.8, 4) is 0 Å². The number of fused-ring (bicyclic) bond motifs is 1. The molecule has 0 fully saturated rings. The van der Waals surface area contributed by atoms with Gasteiger partial charge in [-0.05, 0) is 19.1 Å². The second-order valence-corrected chi connectivity index (χ2v) is 4.17. The van der Waals surface area contributed by atoms with Crippen molar-refractivity contribution in [2.24, 2.45) is 5.73 Å². The topological polar surface area (TPSA) is 62.4 Å². The highest BCUT2D eigenvalue weighted by Crippen LogP contribution is 2.23. The van der Waals surface area contributed by atoms with Gasteiger partial charge in [0.05, 0.1) is 12.1 Å². The van der Waals surface area contributed by atoms with Crippen LogP contribution in [0.2, 0.25) is 0 Å². The van der Waals surface area contributed by atoms with Gasteiger partial charge in [-0.25, -0.2) is 4.98 Å². The molecule has 2 aromatic rings. The van der Waals surface area contributed by atoms with Crippen LogP contribution in [0, 0.1) is 0 Å². The maximum Gasteiger partial charge on any atom is 0.133 e. The summed E-state index contributed by atoms with van der Waals surface area (Å²) in [5, 5.41) is 10.2. The van der Waals surface area contributed by atoms with E-state index in [-0.39, 0.29) is 6.61 Å². The van der Waals surface area contributed by atoms with E-state index in [4.69, 9.17) is 10.8 Å². The van der Waals surface area contributed by atoms with Crippen LogP contribution in [0.15, 0.2) is 30.3 Å². The zero-order valence-corrected chi connectivity index (χ0v) is 10.6. The van der Waals surface area contributed by atoms with E-state index in [0.717, 1.165) is 28.8 Å². The standard InChI is InChI=1S/C14H19N3O/c1-2-17(7-8-18)14-12(10-15)9-11-5-3-4-6-13(11)16-14/h3-6,9,18H,2,7-8,10,15H2,1H3. The monoisotopic (exact) mass is 245 g/mol. The summed E-state index contributed by atoms with van der Waals surface area (Å²) in [5.74, 6) is 0.882. The second kappa shape index (κ2) is 5.80. The van der Waals surface area contributed by atoms with Gasteiger partial charge in [0, 0.05) is 30.6 Å². The Hall–Kier alpha value is -1.65. The summed E-state index contributed by atoms with van der Waals surface area (Å²) in [6.07, 6.45) is 0. The Bertz CT molecular complexity index is 527. The molecule has 0 amide bonds. The van der Waals surface area contributed by atoms with Crippen molar-refractivity contribution >= 4 is 16.7 Å². The number of hydrogen-bond donors (Lipinski definition) is 2. The number of nitrogens with two attached hydrogens (primary N) is 1. The van der Waals surface area contributed by atoms with E-state index in [2.05, 4.69) is 16.0 Å². The van der Waals surface area contributed by atoms with Crippen LogP contribution in [0.3, 0.4) is 0 Å². The highest BCUT2D eigenvalue weighted by atomic mass is 16.3. The normalized spacial score (nSPS) is 10.8. The highest BCUT2D eigenvalue weighted by Gasteiger charge is 2.11. The molecule has 2 rings (SSSR count). The van der Waals surface area contributed by atoms with Gasteiger partial charge in [0.2, 0.25) is 0 Å². The number of rotatable bonds is 5. The highest BCUT2D eigenvalue weighted by molar-refractivity contribution is 5.81. The molecule has 0 unspecified atom stereocenters. The Labute approximate surface area is 107 Å². The van der Waals surface area contributed by atoms with E-state index in [9.17, 15) is 0 Å². The SMILES string of the molecule is CCN(CCO)c1nc2ccccc2cc1CN. The van der Waals surface area contributed by atoms with Gasteiger partial charge in [-0.2, -0.15) is 0 Å². The van der Waals surface area contributed by atoms with Crippen LogP contribution in [-0.4, -0.2) is 29.8 Å². The molecular formula is C14H19N3O. The van der Waals surface area contributed by atoms with Crippen LogP contribution in [0.5, 0.6) is 0 Å². The number of para-hydroxylation sites is 1. The van der Waals surface area contributed by atoms with Gasteiger partial charge < -0.3 is 15.7 Å². The minimum absolute atomic E-state index is 0.117. The predicted octanol–water partition coefficient (Wildman–Crippen LogP) is 1.51. The number of benzene rings is 1. The predicted molar refractivity (Wildman–Crippen MR) is 74.6 cm³/mol. The van der Waals surface area contributed by atoms with Gasteiger partial charge in [0.25, 0.3) is 0 Å². The van der Waals surface area contributed by atoms with Crippen LogP contribution >= 0.6 is 0 Å². The van der Waals surface area contributed by atoms with Crippen molar-refractivity contribution in [2.75, 3.05) is 24.6 Å². The average Bonchev–Trinajstić information content (AvgIpc) is 2.43. The van der Waals surface area contributed by atoms with Crippen LogP contribution in [0.25, 0.3) is 10.9 Å². The molecule has 0 saturated carbocycles. The third kappa shape index (κ3) is 2.44. The quantitative estimate of drug-likeness (QED) is 0.838. The number of hydrogen-bond acceptors (Lipinski definition) is 4. The molecule has 1 aromatic carbocycles. The molecule has 0 radical (unpaired) electrons. The minimum Gasteiger partial charge on any atom is -0.395 e. The number of aromatic nitrogens is 1. The molecule has 0 aliphatic heterocycles. The maximum atomic E-state index is 9.11. The fraction of sp³-hybridized carbons (Fsp3) is 0.357. The summed E-state index contributed by atoms with van der Waals surface area (Å²) in [6.45, 7) is 4.00. The third-order valence-corrected chi connectivity index (χ3v) is 3.05. The molecule has 0 spiro atoms. The molecule has 4 nitrogen and oxygen atoms in total. The Kier molecular flexibility index (Phi) is 4.12. The van der Waals surface area contributed by atoms with Crippen molar-refractivity contribution in [1.29, 1.82) is 0 Å². The van der Waals surface area contributed by atoms with Crippen molar-refractivity contribution < 1.29 is 5.11 Å². The summed E-state index contributed by atoms with van der Waals surface area (Å²) >= 11 is 0. The van der Waals surface area contributed by atoms with Crippen LogP contribution < -0.4 is 10.6 Å². The first kappa shape index (κ1) is 12.8. The van der Waals surface area contributed by atoms with E-state index < -0.39 is 0 Å². The maximum absolute atomic E-state index is 9.11. The van der Waals surface area contributed by atoms with Gasteiger partial charge in [0.1, 0.15) is 5.82 Å². The van der Waals surface area contributed by atoms with E-state index in [1.165, 1.54) is 0 Å². The molecule has 18 heavy (non-hydrogen) atoms.